The van der Waals surface area contributed by atoms with Gasteiger partial charge in [-0.25, -0.2) is 0 Å². The summed E-state index contributed by atoms with van der Waals surface area (Å²) < 4.78 is 0. The second kappa shape index (κ2) is 6.64. The van der Waals surface area contributed by atoms with Crippen molar-refractivity contribution in [2.45, 2.75) is 31.6 Å². The van der Waals surface area contributed by atoms with Gasteiger partial charge in [0.2, 0.25) is 0 Å². The molecule has 1 N–H and O–H groups in total. The Hall–Kier alpha value is -1.00. The number of aliphatic carboxylic acids is 1. The highest BCUT2D eigenvalue weighted by Crippen LogP contribution is 2.34. The van der Waals surface area contributed by atoms with Gasteiger partial charge in [-0.3, -0.25) is 4.79 Å². The number of aryl methyl sites for hydroxylation is 1. The number of thioether (sulfide) groups is 1. The molecule has 0 amide bonds. The number of carboxylic acid groups (broad SMARTS) is 1. The van der Waals surface area contributed by atoms with Crippen molar-refractivity contribution < 1.29 is 9.90 Å². The van der Waals surface area contributed by atoms with E-state index in [9.17, 15) is 9.90 Å². The molecule has 0 saturated carbocycles. The van der Waals surface area contributed by atoms with E-state index in [0.717, 1.165) is 31.7 Å². The Bertz CT molecular complexity index is 460. The minimum atomic E-state index is -0.631. The number of hydrogen-bond acceptors (Lipinski definition) is 3. The molecule has 0 radical (unpaired) electrons. The highest BCUT2D eigenvalue weighted by atomic mass is 32.2. The van der Waals surface area contributed by atoms with E-state index in [1.54, 1.807) is 0 Å². The third kappa shape index (κ3) is 3.55. The van der Waals surface area contributed by atoms with Crippen LogP contribution in [0.2, 0.25) is 0 Å². The predicted octanol–water partition coefficient (Wildman–Crippen LogP) is 3.27. The van der Waals surface area contributed by atoms with E-state index in [1.807, 2.05) is 18.7 Å². The van der Waals surface area contributed by atoms with E-state index in [4.69, 9.17) is 0 Å². The zero-order valence-corrected chi connectivity index (χ0v) is 13.1. The molecule has 1 heterocycles. The second-order valence-corrected chi connectivity index (χ2v) is 6.80. The monoisotopic (exact) mass is 293 g/mol. The van der Waals surface area contributed by atoms with Crippen molar-refractivity contribution in [2.24, 2.45) is 5.41 Å². The molecule has 2 rings (SSSR count). The molecule has 1 unspecified atom stereocenters. The fourth-order valence-corrected chi connectivity index (χ4v) is 3.60. The molecular formula is C16H23NO2S. The third-order valence-corrected chi connectivity index (χ3v) is 5.25. The second-order valence-electron chi connectivity index (χ2n) is 5.63. The van der Waals surface area contributed by atoms with Crippen LogP contribution in [-0.4, -0.2) is 41.4 Å². The minimum absolute atomic E-state index is 0.505. The molecular weight excluding hydrogens is 270 g/mol. The van der Waals surface area contributed by atoms with Crippen LogP contribution in [0.25, 0.3) is 0 Å². The summed E-state index contributed by atoms with van der Waals surface area (Å²) in [5, 5.41) is 9.38. The maximum atomic E-state index is 11.4. The standard InChI is InChI=1S/C16H23NO2S/c1-3-16(15(18)19)8-9-17(12-16)10-11-20-14-6-4-13(2)5-7-14/h4-7H,3,8-12H2,1-2H3,(H,18,19). The molecule has 0 aromatic heterocycles. The van der Waals surface area contributed by atoms with Crippen LogP contribution in [0.1, 0.15) is 25.3 Å². The zero-order chi connectivity index (χ0) is 14.6. The smallest absolute Gasteiger partial charge is 0.310 e. The quantitative estimate of drug-likeness (QED) is 0.817. The molecule has 1 aliphatic rings. The van der Waals surface area contributed by atoms with Gasteiger partial charge in [0.25, 0.3) is 0 Å². The fraction of sp³-hybridized carbons (Fsp3) is 0.562. The van der Waals surface area contributed by atoms with E-state index >= 15 is 0 Å². The number of rotatable bonds is 6. The molecule has 1 aliphatic heterocycles. The van der Waals surface area contributed by atoms with Crippen LogP contribution in [0.5, 0.6) is 0 Å². The summed E-state index contributed by atoms with van der Waals surface area (Å²) >= 11 is 1.84. The Labute approximate surface area is 125 Å². The van der Waals surface area contributed by atoms with Gasteiger partial charge < -0.3 is 10.0 Å². The van der Waals surface area contributed by atoms with E-state index < -0.39 is 11.4 Å². The van der Waals surface area contributed by atoms with Gasteiger partial charge in [-0.15, -0.1) is 11.8 Å². The molecule has 20 heavy (non-hydrogen) atoms. The number of nitrogens with zero attached hydrogens (tertiary/aromatic N) is 1. The van der Waals surface area contributed by atoms with Gasteiger partial charge in [0.05, 0.1) is 5.41 Å². The van der Waals surface area contributed by atoms with Gasteiger partial charge in [-0.1, -0.05) is 24.6 Å². The first-order valence-electron chi connectivity index (χ1n) is 7.21. The molecule has 110 valence electrons. The van der Waals surface area contributed by atoms with Gasteiger partial charge in [0.1, 0.15) is 0 Å². The van der Waals surface area contributed by atoms with Gasteiger partial charge in [0, 0.05) is 23.7 Å². The van der Waals surface area contributed by atoms with Gasteiger partial charge in [0.15, 0.2) is 0 Å². The van der Waals surface area contributed by atoms with Crippen molar-refractivity contribution in [3.8, 4) is 0 Å². The van der Waals surface area contributed by atoms with Crippen LogP contribution >= 0.6 is 11.8 Å². The van der Waals surface area contributed by atoms with Gasteiger partial charge >= 0.3 is 5.97 Å². The zero-order valence-electron chi connectivity index (χ0n) is 12.3. The van der Waals surface area contributed by atoms with E-state index in [2.05, 4.69) is 36.1 Å². The first-order chi connectivity index (χ1) is 9.55. The van der Waals surface area contributed by atoms with Crippen molar-refractivity contribution >= 4 is 17.7 Å². The number of likely N-dealkylation sites (tertiary alicyclic amines) is 1. The molecule has 1 aromatic rings. The summed E-state index contributed by atoms with van der Waals surface area (Å²) in [5.74, 6) is 0.385. The molecule has 1 fully saturated rings. The lowest BCUT2D eigenvalue weighted by molar-refractivity contribution is -0.148. The Kier molecular flexibility index (Phi) is 5.11. The van der Waals surface area contributed by atoms with Crippen LogP contribution in [0, 0.1) is 12.3 Å². The summed E-state index contributed by atoms with van der Waals surface area (Å²) in [6, 6.07) is 8.56. The van der Waals surface area contributed by atoms with Gasteiger partial charge in [-0.2, -0.15) is 0 Å². The van der Waals surface area contributed by atoms with Crippen molar-refractivity contribution in [1.29, 1.82) is 0 Å². The summed E-state index contributed by atoms with van der Waals surface area (Å²) in [7, 11) is 0. The van der Waals surface area contributed by atoms with Crippen LogP contribution in [0.4, 0.5) is 0 Å². The Morgan fingerprint density at radius 3 is 2.65 bits per heavy atom. The topological polar surface area (TPSA) is 40.5 Å². The van der Waals surface area contributed by atoms with E-state index in [-0.39, 0.29) is 0 Å². The molecule has 0 spiro atoms. The largest absolute Gasteiger partial charge is 0.481 e. The highest BCUT2D eigenvalue weighted by molar-refractivity contribution is 7.99. The Balaban J connectivity index is 1.78. The normalized spacial score (nSPS) is 23.1. The first kappa shape index (κ1) is 15.4. The molecule has 3 nitrogen and oxygen atoms in total. The number of hydrogen-bond donors (Lipinski definition) is 1. The van der Waals surface area contributed by atoms with Crippen molar-refractivity contribution in [2.75, 3.05) is 25.4 Å². The summed E-state index contributed by atoms with van der Waals surface area (Å²) in [4.78, 5) is 15.0. The molecule has 1 atom stereocenters. The Morgan fingerprint density at radius 2 is 2.10 bits per heavy atom. The average Bonchev–Trinajstić information content (AvgIpc) is 2.86. The highest BCUT2D eigenvalue weighted by Gasteiger charge is 2.42. The number of carboxylic acids is 1. The van der Waals surface area contributed by atoms with Crippen molar-refractivity contribution in [3.63, 3.8) is 0 Å². The van der Waals surface area contributed by atoms with Crippen molar-refractivity contribution in [3.05, 3.63) is 29.8 Å². The number of benzene rings is 1. The fourth-order valence-electron chi connectivity index (χ4n) is 2.69. The summed E-state index contributed by atoms with van der Waals surface area (Å²) in [6.07, 6.45) is 1.51. The van der Waals surface area contributed by atoms with E-state index in [0.29, 0.717) is 6.54 Å². The molecule has 0 aliphatic carbocycles. The average molecular weight is 293 g/mol. The van der Waals surface area contributed by atoms with E-state index in [1.165, 1.54) is 10.5 Å². The van der Waals surface area contributed by atoms with Crippen LogP contribution in [0.3, 0.4) is 0 Å². The summed E-state index contributed by atoms with van der Waals surface area (Å²) in [6.45, 7) is 6.66. The lowest BCUT2D eigenvalue weighted by Gasteiger charge is -2.23. The van der Waals surface area contributed by atoms with Gasteiger partial charge in [-0.05, 0) is 38.4 Å². The molecule has 1 aromatic carbocycles. The summed E-state index contributed by atoms with van der Waals surface area (Å²) in [5.41, 5.74) is 0.775. The Morgan fingerprint density at radius 1 is 1.40 bits per heavy atom. The minimum Gasteiger partial charge on any atom is -0.481 e. The SMILES string of the molecule is CCC1(C(=O)O)CCN(CCSc2ccc(C)cc2)C1. The lowest BCUT2D eigenvalue weighted by Crippen LogP contribution is -2.34. The third-order valence-electron chi connectivity index (χ3n) is 4.26. The molecule has 4 heteroatoms. The first-order valence-corrected chi connectivity index (χ1v) is 8.19. The predicted molar refractivity (Wildman–Crippen MR) is 83.3 cm³/mol. The molecule has 1 saturated heterocycles. The maximum Gasteiger partial charge on any atom is 0.310 e. The number of carbonyl (C=O) groups is 1. The van der Waals surface area contributed by atoms with Crippen molar-refractivity contribution in [1.82, 2.24) is 4.90 Å². The van der Waals surface area contributed by atoms with Crippen LogP contribution in [0.15, 0.2) is 29.2 Å². The molecule has 0 bridgehead atoms. The van der Waals surface area contributed by atoms with Crippen LogP contribution < -0.4 is 0 Å². The lowest BCUT2D eigenvalue weighted by atomic mass is 9.84. The maximum absolute atomic E-state index is 11.4. The van der Waals surface area contributed by atoms with Crippen LogP contribution in [-0.2, 0) is 4.79 Å².